The Balaban J connectivity index is 1.10. The Morgan fingerprint density at radius 3 is 2.62 bits per heavy atom. The molecule has 2 aliphatic rings. The summed E-state index contributed by atoms with van der Waals surface area (Å²) in [7, 11) is 1.69. The first-order valence-corrected chi connectivity index (χ1v) is 12.3. The van der Waals surface area contributed by atoms with Gasteiger partial charge >= 0.3 is 0 Å². The molecule has 0 unspecified atom stereocenters. The number of pyridine rings is 1. The molecule has 0 spiro atoms. The summed E-state index contributed by atoms with van der Waals surface area (Å²) in [4.78, 5) is 9.47. The molecule has 6 rings (SSSR count). The van der Waals surface area contributed by atoms with E-state index in [-0.39, 0.29) is 5.82 Å². The van der Waals surface area contributed by atoms with Gasteiger partial charge in [-0.3, -0.25) is 9.88 Å². The minimum Gasteiger partial charge on any atom is -0.493 e. The number of nitrogens with zero attached hydrogens (tertiary/aromatic N) is 3. The number of aromatic nitrogens is 1. The molecule has 0 atom stereocenters. The van der Waals surface area contributed by atoms with Gasteiger partial charge in [-0.25, -0.2) is 4.39 Å². The molecule has 1 aliphatic heterocycles. The van der Waals surface area contributed by atoms with Gasteiger partial charge in [0.1, 0.15) is 5.82 Å². The number of rotatable bonds is 4. The van der Waals surface area contributed by atoms with Crippen molar-refractivity contribution >= 4 is 27.6 Å². The topological polar surface area (TPSA) is 41.7 Å². The van der Waals surface area contributed by atoms with Gasteiger partial charge in [-0.2, -0.15) is 0 Å². The van der Waals surface area contributed by atoms with Crippen molar-refractivity contribution in [2.75, 3.05) is 38.2 Å². The second kappa shape index (κ2) is 8.91. The summed E-state index contributed by atoms with van der Waals surface area (Å²) in [6, 6.07) is 13.8. The SMILES string of the molecule is COc1cccc2c(C3CCC(N4CCN(c5cc(F)cc6cccnc56)CC4)CC3)coc12. The summed E-state index contributed by atoms with van der Waals surface area (Å²) in [5, 5.41) is 2.05. The van der Waals surface area contributed by atoms with Gasteiger partial charge in [-0.1, -0.05) is 18.2 Å². The number of ether oxygens (including phenoxy) is 1. The quantitative estimate of drug-likeness (QED) is 0.376. The first-order chi connectivity index (χ1) is 16.7. The molecule has 0 bridgehead atoms. The maximum Gasteiger partial charge on any atom is 0.175 e. The van der Waals surface area contributed by atoms with Crippen molar-refractivity contribution in [3.05, 3.63) is 66.3 Å². The zero-order valence-electron chi connectivity index (χ0n) is 19.5. The van der Waals surface area contributed by atoms with Crippen LogP contribution in [-0.2, 0) is 0 Å². The molecule has 0 N–H and O–H groups in total. The van der Waals surface area contributed by atoms with Gasteiger partial charge < -0.3 is 14.1 Å². The Kier molecular flexibility index (Phi) is 5.61. The number of anilines is 1. The van der Waals surface area contributed by atoms with Crippen LogP contribution in [0.5, 0.6) is 5.75 Å². The molecule has 3 heterocycles. The van der Waals surface area contributed by atoms with Crippen LogP contribution in [-0.4, -0.2) is 49.2 Å². The Hall–Kier alpha value is -3.12. The van der Waals surface area contributed by atoms with Gasteiger partial charge in [0, 0.05) is 54.8 Å². The molecule has 2 aromatic carbocycles. The van der Waals surface area contributed by atoms with Crippen molar-refractivity contribution in [3.63, 3.8) is 0 Å². The van der Waals surface area contributed by atoms with Crippen molar-refractivity contribution in [1.82, 2.24) is 9.88 Å². The molecule has 5 nitrogen and oxygen atoms in total. The van der Waals surface area contributed by atoms with E-state index in [9.17, 15) is 4.39 Å². The molecule has 6 heteroatoms. The molecular formula is C28H30FN3O2. The predicted octanol–water partition coefficient (Wildman–Crippen LogP) is 5.98. The van der Waals surface area contributed by atoms with Crippen LogP contribution in [0.2, 0.25) is 0 Å². The second-order valence-corrected chi connectivity index (χ2v) is 9.56. The fourth-order valence-corrected chi connectivity index (χ4v) is 5.99. The third-order valence-corrected chi connectivity index (χ3v) is 7.77. The summed E-state index contributed by atoms with van der Waals surface area (Å²) in [5.41, 5.74) is 3.99. The van der Waals surface area contributed by atoms with E-state index >= 15 is 0 Å². The summed E-state index contributed by atoms with van der Waals surface area (Å²) in [5.74, 6) is 1.15. The van der Waals surface area contributed by atoms with Crippen molar-refractivity contribution in [2.24, 2.45) is 0 Å². The lowest BCUT2D eigenvalue weighted by Crippen LogP contribution is -2.51. The average Bonchev–Trinajstić information content (AvgIpc) is 3.33. The van der Waals surface area contributed by atoms with Crippen LogP contribution in [0.15, 0.2) is 59.3 Å². The van der Waals surface area contributed by atoms with Gasteiger partial charge in [-0.15, -0.1) is 0 Å². The number of halogens is 1. The van der Waals surface area contributed by atoms with Gasteiger partial charge in [0.2, 0.25) is 0 Å². The maximum absolute atomic E-state index is 14.2. The number of fused-ring (bicyclic) bond motifs is 2. The van der Waals surface area contributed by atoms with Crippen LogP contribution in [0.1, 0.15) is 37.2 Å². The van der Waals surface area contributed by atoms with E-state index in [1.807, 2.05) is 30.5 Å². The lowest BCUT2D eigenvalue weighted by atomic mass is 9.81. The van der Waals surface area contributed by atoms with E-state index in [1.54, 1.807) is 25.4 Å². The summed E-state index contributed by atoms with van der Waals surface area (Å²) in [6.45, 7) is 3.82. The maximum atomic E-state index is 14.2. The molecule has 2 fully saturated rings. The standard InChI is InChI=1S/C28H30FN3O2/c1-33-26-6-2-5-23-24(18-34-28(23)26)19-7-9-22(10-8-19)31-12-14-32(15-13-31)25-17-21(29)16-20-4-3-11-30-27(20)25/h2-6,11,16-19,22H,7-10,12-15H2,1H3. The molecule has 2 aromatic heterocycles. The van der Waals surface area contributed by atoms with Crippen LogP contribution < -0.4 is 9.64 Å². The molecule has 4 aromatic rings. The lowest BCUT2D eigenvalue weighted by molar-refractivity contribution is 0.141. The zero-order chi connectivity index (χ0) is 23.1. The number of furan rings is 1. The zero-order valence-corrected chi connectivity index (χ0v) is 19.5. The molecule has 1 saturated heterocycles. The Labute approximate surface area is 199 Å². The molecule has 1 aliphatic carbocycles. The largest absolute Gasteiger partial charge is 0.493 e. The highest BCUT2D eigenvalue weighted by molar-refractivity contribution is 5.91. The second-order valence-electron chi connectivity index (χ2n) is 9.56. The smallest absolute Gasteiger partial charge is 0.175 e. The Morgan fingerprint density at radius 1 is 1.00 bits per heavy atom. The predicted molar refractivity (Wildman–Crippen MR) is 133 cm³/mol. The molecule has 0 radical (unpaired) electrons. The fourth-order valence-electron chi connectivity index (χ4n) is 5.99. The average molecular weight is 460 g/mol. The van der Waals surface area contributed by atoms with Crippen LogP contribution >= 0.6 is 0 Å². The number of hydrogen-bond donors (Lipinski definition) is 0. The molecule has 0 amide bonds. The fraction of sp³-hybridized carbons (Fsp3) is 0.393. The monoisotopic (exact) mass is 459 g/mol. The van der Waals surface area contributed by atoms with E-state index < -0.39 is 0 Å². The lowest BCUT2D eigenvalue weighted by Gasteiger charge is -2.42. The third-order valence-electron chi connectivity index (χ3n) is 7.77. The van der Waals surface area contributed by atoms with Gasteiger partial charge in [0.05, 0.1) is 24.6 Å². The Bertz CT molecular complexity index is 1300. The van der Waals surface area contributed by atoms with Crippen LogP contribution in [0, 0.1) is 5.82 Å². The summed E-state index contributed by atoms with van der Waals surface area (Å²) >= 11 is 0. The Morgan fingerprint density at radius 2 is 1.82 bits per heavy atom. The van der Waals surface area contributed by atoms with Crippen molar-refractivity contribution in [3.8, 4) is 5.75 Å². The number of piperazine rings is 1. The molecule has 34 heavy (non-hydrogen) atoms. The highest BCUT2D eigenvalue weighted by Crippen LogP contribution is 2.41. The van der Waals surface area contributed by atoms with Crippen molar-refractivity contribution in [2.45, 2.75) is 37.6 Å². The molecule has 176 valence electrons. The molecule has 1 saturated carbocycles. The van der Waals surface area contributed by atoms with E-state index in [0.717, 1.165) is 54.1 Å². The highest BCUT2D eigenvalue weighted by atomic mass is 19.1. The van der Waals surface area contributed by atoms with E-state index in [4.69, 9.17) is 9.15 Å². The van der Waals surface area contributed by atoms with Crippen LogP contribution in [0.3, 0.4) is 0 Å². The first kappa shape index (κ1) is 21.4. The minimum atomic E-state index is -0.194. The summed E-state index contributed by atoms with van der Waals surface area (Å²) < 4.78 is 25.6. The van der Waals surface area contributed by atoms with Crippen molar-refractivity contribution < 1.29 is 13.5 Å². The van der Waals surface area contributed by atoms with Crippen LogP contribution in [0.25, 0.3) is 21.9 Å². The van der Waals surface area contributed by atoms with Gasteiger partial charge in [0.25, 0.3) is 0 Å². The third kappa shape index (κ3) is 3.80. The molecular weight excluding hydrogens is 429 g/mol. The van der Waals surface area contributed by atoms with Crippen LogP contribution in [0.4, 0.5) is 10.1 Å². The minimum absolute atomic E-state index is 0.194. The van der Waals surface area contributed by atoms with Gasteiger partial charge in [-0.05, 0) is 55.9 Å². The van der Waals surface area contributed by atoms with E-state index in [2.05, 4.69) is 20.9 Å². The normalized spacial score (nSPS) is 21.9. The summed E-state index contributed by atoms with van der Waals surface area (Å²) in [6.07, 6.45) is 8.48. The number of methoxy groups -OCH3 is 1. The number of para-hydroxylation sites is 1. The van der Waals surface area contributed by atoms with E-state index in [1.165, 1.54) is 36.6 Å². The van der Waals surface area contributed by atoms with E-state index in [0.29, 0.717) is 12.0 Å². The number of hydrogen-bond acceptors (Lipinski definition) is 5. The first-order valence-electron chi connectivity index (χ1n) is 12.3. The van der Waals surface area contributed by atoms with Gasteiger partial charge in [0.15, 0.2) is 11.3 Å². The van der Waals surface area contributed by atoms with Crippen molar-refractivity contribution in [1.29, 1.82) is 0 Å². The highest BCUT2D eigenvalue weighted by Gasteiger charge is 2.31. The number of benzene rings is 2.